The molecule has 1 aliphatic heterocycles. The van der Waals surface area contributed by atoms with Gasteiger partial charge in [-0.2, -0.15) is 0 Å². The van der Waals surface area contributed by atoms with Crippen LogP contribution in [-0.2, 0) is 9.53 Å². The first-order valence-corrected chi connectivity index (χ1v) is 12.5. The fourth-order valence-corrected chi connectivity index (χ4v) is 5.34. The second-order valence-corrected chi connectivity index (χ2v) is 11.2. The van der Waals surface area contributed by atoms with E-state index < -0.39 is 6.17 Å². The van der Waals surface area contributed by atoms with Crippen LogP contribution in [0.25, 0.3) is 0 Å². The number of rotatable bonds is 5. The predicted molar refractivity (Wildman–Crippen MR) is 126 cm³/mol. The summed E-state index contributed by atoms with van der Waals surface area (Å²) in [6.45, 7) is 7.05. The van der Waals surface area contributed by atoms with Crippen LogP contribution in [0.15, 0.2) is 4.99 Å². The van der Waals surface area contributed by atoms with Crippen molar-refractivity contribution >= 4 is 23.5 Å². The highest BCUT2D eigenvalue weighted by molar-refractivity contribution is 6.20. The molecule has 184 valence electrons. The lowest BCUT2D eigenvalue weighted by Crippen LogP contribution is -2.53. The maximum atomic E-state index is 13.6. The Morgan fingerprint density at radius 2 is 1.91 bits per heavy atom. The van der Waals surface area contributed by atoms with Crippen LogP contribution in [0.5, 0.6) is 0 Å². The van der Waals surface area contributed by atoms with E-state index >= 15 is 0 Å². The summed E-state index contributed by atoms with van der Waals surface area (Å²) in [5.41, 5.74) is 6.72. The van der Waals surface area contributed by atoms with Gasteiger partial charge in [-0.3, -0.25) is 20.5 Å². The zero-order valence-electron chi connectivity index (χ0n) is 19.9. The number of carbonyl (C=O) groups is 1. The summed E-state index contributed by atoms with van der Waals surface area (Å²) in [5.74, 6) is 0.322. The van der Waals surface area contributed by atoms with E-state index in [9.17, 15) is 9.18 Å². The second kappa shape index (κ2) is 11.4. The third-order valence-electron chi connectivity index (χ3n) is 7.17. The molecule has 0 aromatic rings. The van der Waals surface area contributed by atoms with Gasteiger partial charge in [0.15, 0.2) is 5.96 Å². The number of hydrogen-bond acceptors (Lipinski definition) is 5. The van der Waals surface area contributed by atoms with Crippen molar-refractivity contribution < 1.29 is 13.9 Å². The van der Waals surface area contributed by atoms with Gasteiger partial charge in [-0.15, -0.1) is 11.6 Å². The Morgan fingerprint density at radius 3 is 2.56 bits per heavy atom. The minimum Gasteiger partial charge on any atom is -0.381 e. The van der Waals surface area contributed by atoms with Gasteiger partial charge in [0.05, 0.1) is 18.2 Å². The van der Waals surface area contributed by atoms with Crippen LogP contribution in [0.3, 0.4) is 0 Å². The van der Waals surface area contributed by atoms with Crippen molar-refractivity contribution in [2.24, 2.45) is 22.2 Å². The van der Waals surface area contributed by atoms with E-state index in [1.807, 2.05) is 0 Å². The van der Waals surface area contributed by atoms with E-state index in [-0.39, 0.29) is 40.8 Å². The molecule has 3 fully saturated rings. The number of amides is 1. The Morgan fingerprint density at radius 1 is 1.16 bits per heavy atom. The van der Waals surface area contributed by atoms with Gasteiger partial charge in [0.2, 0.25) is 5.91 Å². The first-order valence-electron chi connectivity index (χ1n) is 12.1. The molecule has 7 nitrogen and oxygen atoms in total. The monoisotopic (exact) mass is 473 g/mol. The number of ether oxygens (including phenoxy) is 1. The fraction of sp³-hybridized carbons (Fsp3) is 0.913. The van der Waals surface area contributed by atoms with Crippen LogP contribution in [-0.4, -0.2) is 55.4 Å². The van der Waals surface area contributed by atoms with Gasteiger partial charge >= 0.3 is 0 Å². The molecule has 0 spiro atoms. The van der Waals surface area contributed by atoms with E-state index in [0.717, 1.165) is 32.1 Å². The Bertz CT molecular complexity index is 659. The van der Waals surface area contributed by atoms with Crippen LogP contribution >= 0.6 is 11.6 Å². The second-order valence-electron chi connectivity index (χ2n) is 10.7. The normalized spacial score (nSPS) is 36.7. The summed E-state index contributed by atoms with van der Waals surface area (Å²) in [6.07, 6.45) is 5.35. The van der Waals surface area contributed by atoms with Crippen LogP contribution in [0, 0.1) is 17.3 Å². The van der Waals surface area contributed by atoms with E-state index in [1.165, 1.54) is 0 Å². The SMILES string of the molecule is COC1CCCCC1C(=O)NC(=NCC1CCC(F)CC1Cl)NC1CC(C(C)(C)C)NN1. The highest BCUT2D eigenvalue weighted by Crippen LogP contribution is 2.31. The maximum absolute atomic E-state index is 13.6. The van der Waals surface area contributed by atoms with Crippen LogP contribution in [0.2, 0.25) is 0 Å². The number of guanidine groups is 1. The van der Waals surface area contributed by atoms with Crippen LogP contribution < -0.4 is 21.5 Å². The number of hydrazine groups is 1. The highest BCUT2D eigenvalue weighted by atomic mass is 35.5. The standard InChI is InChI=1S/C23H41ClFN5O2/c1-23(2,3)19-12-20(30-29-19)27-22(26-13-14-9-10-15(25)11-17(14)24)28-21(31)16-7-5-6-8-18(16)32-4/h14-20,29-30H,5-13H2,1-4H3,(H2,26,27,28,31). The maximum Gasteiger partial charge on any atom is 0.232 e. The molecule has 32 heavy (non-hydrogen) atoms. The first-order chi connectivity index (χ1) is 15.2. The molecule has 7 atom stereocenters. The largest absolute Gasteiger partial charge is 0.381 e. The molecule has 3 rings (SSSR count). The molecule has 1 saturated heterocycles. The predicted octanol–water partition coefficient (Wildman–Crippen LogP) is 3.24. The Hall–Kier alpha value is -0.960. The molecule has 3 aliphatic rings. The zero-order chi connectivity index (χ0) is 23.3. The zero-order valence-corrected chi connectivity index (χ0v) is 20.7. The molecule has 2 aliphatic carbocycles. The molecular weight excluding hydrogens is 433 g/mol. The molecule has 0 aromatic heterocycles. The molecule has 0 bridgehead atoms. The highest BCUT2D eigenvalue weighted by Gasteiger charge is 2.35. The van der Waals surface area contributed by atoms with Crippen LogP contribution in [0.1, 0.15) is 72.1 Å². The van der Waals surface area contributed by atoms with Crippen molar-refractivity contribution in [2.75, 3.05) is 13.7 Å². The lowest BCUT2D eigenvalue weighted by molar-refractivity contribution is -0.129. The minimum absolute atomic E-state index is 0.0590. The topological polar surface area (TPSA) is 86.8 Å². The van der Waals surface area contributed by atoms with Gasteiger partial charge in [0.1, 0.15) is 6.17 Å². The summed E-state index contributed by atoms with van der Waals surface area (Å²) in [4.78, 5) is 17.8. The lowest BCUT2D eigenvalue weighted by Gasteiger charge is -2.30. The average molecular weight is 474 g/mol. The van der Waals surface area contributed by atoms with Gasteiger partial charge in [-0.05, 0) is 49.9 Å². The van der Waals surface area contributed by atoms with Gasteiger partial charge in [0.25, 0.3) is 0 Å². The lowest BCUT2D eigenvalue weighted by atomic mass is 9.85. The minimum atomic E-state index is -0.824. The van der Waals surface area contributed by atoms with E-state index in [4.69, 9.17) is 21.3 Å². The molecule has 2 saturated carbocycles. The number of hydrogen-bond donors (Lipinski definition) is 4. The van der Waals surface area contributed by atoms with E-state index in [1.54, 1.807) is 7.11 Å². The Labute approximate surface area is 197 Å². The number of methoxy groups -OCH3 is 1. The summed E-state index contributed by atoms with van der Waals surface area (Å²) < 4.78 is 19.2. The van der Waals surface area contributed by atoms with Crippen molar-refractivity contribution in [3.63, 3.8) is 0 Å². The number of carbonyl (C=O) groups excluding carboxylic acids is 1. The average Bonchev–Trinajstić information content (AvgIpc) is 3.22. The third kappa shape index (κ3) is 7.02. The Kier molecular flexibility index (Phi) is 9.18. The molecule has 4 N–H and O–H groups in total. The quantitative estimate of drug-likeness (QED) is 0.280. The number of aliphatic imine (C=N–C) groups is 1. The van der Waals surface area contributed by atoms with Crippen molar-refractivity contribution in [3.8, 4) is 0 Å². The van der Waals surface area contributed by atoms with Crippen molar-refractivity contribution in [3.05, 3.63) is 0 Å². The van der Waals surface area contributed by atoms with Crippen LogP contribution in [0.4, 0.5) is 4.39 Å². The summed E-state index contributed by atoms with van der Waals surface area (Å²) in [5, 5.41) is 6.17. The van der Waals surface area contributed by atoms with Gasteiger partial charge in [0, 0.05) is 25.1 Å². The van der Waals surface area contributed by atoms with E-state index in [0.29, 0.717) is 37.8 Å². The van der Waals surface area contributed by atoms with Gasteiger partial charge < -0.3 is 10.1 Å². The molecular formula is C23H41ClFN5O2. The van der Waals surface area contributed by atoms with Gasteiger partial charge in [-0.1, -0.05) is 33.6 Å². The van der Waals surface area contributed by atoms with Crippen molar-refractivity contribution in [1.29, 1.82) is 0 Å². The molecule has 1 heterocycles. The summed E-state index contributed by atoms with van der Waals surface area (Å²) >= 11 is 6.41. The molecule has 0 aromatic carbocycles. The van der Waals surface area contributed by atoms with Crippen molar-refractivity contribution in [2.45, 2.75) is 102 Å². The van der Waals surface area contributed by atoms with Crippen molar-refractivity contribution in [1.82, 2.24) is 21.5 Å². The Balaban J connectivity index is 1.66. The number of halogens is 2. The molecule has 7 unspecified atom stereocenters. The summed E-state index contributed by atoms with van der Waals surface area (Å²) in [6, 6.07) is 0.292. The molecule has 1 amide bonds. The molecule has 9 heteroatoms. The van der Waals surface area contributed by atoms with E-state index in [2.05, 4.69) is 42.3 Å². The third-order valence-corrected chi connectivity index (χ3v) is 7.70. The fourth-order valence-electron chi connectivity index (χ4n) is 4.94. The summed E-state index contributed by atoms with van der Waals surface area (Å²) in [7, 11) is 1.67. The smallest absolute Gasteiger partial charge is 0.232 e. The molecule has 0 radical (unpaired) electrons. The number of nitrogens with zero attached hydrogens (tertiary/aromatic N) is 1. The number of alkyl halides is 2. The first kappa shape index (κ1) is 25.7. The van der Waals surface area contributed by atoms with Gasteiger partial charge in [-0.25, -0.2) is 9.82 Å². The number of nitrogens with one attached hydrogen (secondary N) is 4.